The second-order valence-corrected chi connectivity index (χ2v) is 7.07. The van der Waals surface area contributed by atoms with Gasteiger partial charge in [-0.05, 0) is 61.7 Å². The predicted molar refractivity (Wildman–Crippen MR) is 103 cm³/mol. The van der Waals surface area contributed by atoms with Crippen LogP contribution in [0.4, 0.5) is 0 Å². The number of hydrogen-bond donors (Lipinski definition) is 1. The summed E-state index contributed by atoms with van der Waals surface area (Å²) >= 11 is 0. The third kappa shape index (κ3) is 3.43. The van der Waals surface area contributed by atoms with Crippen LogP contribution in [0.2, 0.25) is 0 Å². The molecule has 1 aromatic carbocycles. The zero-order chi connectivity index (χ0) is 18.7. The van der Waals surface area contributed by atoms with Gasteiger partial charge in [0.15, 0.2) is 0 Å². The van der Waals surface area contributed by atoms with Crippen molar-refractivity contribution in [3.8, 4) is 5.75 Å². The molecule has 0 unspecified atom stereocenters. The van der Waals surface area contributed by atoms with E-state index in [9.17, 15) is 4.79 Å². The number of fused-ring (bicyclic) bond motifs is 1. The Bertz CT molecular complexity index is 900. The number of aromatic amines is 1. The number of carbonyl (C=O) groups is 1. The van der Waals surface area contributed by atoms with Gasteiger partial charge >= 0.3 is 0 Å². The summed E-state index contributed by atoms with van der Waals surface area (Å²) < 4.78 is 5.34. The van der Waals surface area contributed by atoms with Crippen LogP contribution >= 0.6 is 0 Å². The highest BCUT2D eigenvalue weighted by Crippen LogP contribution is 2.33. The van der Waals surface area contributed by atoms with Gasteiger partial charge in [0, 0.05) is 43.1 Å². The molecule has 0 spiro atoms. The van der Waals surface area contributed by atoms with Crippen molar-refractivity contribution in [1.29, 1.82) is 0 Å². The number of hydrogen-bond acceptors (Lipinski definition) is 3. The molecule has 0 radical (unpaired) electrons. The molecule has 0 saturated carbocycles. The lowest BCUT2D eigenvalue weighted by molar-refractivity contribution is -0.134. The second kappa shape index (κ2) is 7.20. The van der Waals surface area contributed by atoms with Crippen LogP contribution < -0.4 is 4.74 Å². The standard InChI is InChI=1S/C21H25N3O2/c1-21(2,18-14-23-19-6-5-16(26-4)13-17(18)19)20(25)24(3)12-9-15-7-10-22-11-8-15/h5-8,10-11,13-14,23H,9,12H2,1-4H3. The molecule has 3 aromatic rings. The number of nitrogens with one attached hydrogen (secondary N) is 1. The summed E-state index contributed by atoms with van der Waals surface area (Å²) in [7, 11) is 3.51. The first-order valence-electron chi connectivity index (χ1n) is 8.73. The van der Waals surface area contributed by atoms with Gasteiger partial charge in [-0.25, -0.2) is 0 Å². The summed E-state index contributed by atoms with van der Waals surface area (Å²) in [5, 5.41) is 1.02. The van der Waals surface area contributed by atoms with Crippen molar-refractivity contribution in [3.05, 3.63) is 60.0 Å². The van der Waals surface area contributed by atoms with Crippen LogP contribution in [0.25, 0.3) is 10.9 Å². The molecule has 0 atom stereocenters. The fourth-order valence-corrected chi connectivity index (χ4v) is 3.28. The fraction of sp³-hybridized carbons (Fsp3) is 0.333. The maximum absolute atomic E-state index is 13.2. The number of likely N-dealkylation sites (N-methyl/N-ethyl adjacent to an activating group) is 1. The molecular formula is C21H25N3O2. The molecule has 0 saturated heterocycles. The number of aromatic nitrogens is 2. The normalized spacial score (nSPS) is 11.5. The summed E-state index contributed by atoms with van der Waals surface area (Å²) in [6.07, 6.45) is 6.29. The van der Waals surface area contributed by atoms with Gasteiger partial charge in [0.1, 0.15) is 5.75 Å². The Hall–Kier alpha value is -2.82. The maximum Gasteiger partial charge on any atom is 0.232 e. The molecule has 0 bridgehead atoms. The van der Waals surface area contributed by atoms with E-state index in [1.54, 1.807) is 24.4 Å². The Morgan fingerprint density at radius 3 is 2.65 bits per heavy atom. The molecule has 136 valence electrons. The molecule has 5 heteroatoms. The number of ether oxygens (including phenoxy) is 1. The lowest BCUT2D eigenvalue weighted by Gasteiger charge is -2.29. The number of amides is 1. The summed E-state index contributed by atoms with van der Waals surface area (Å²) in [5.74, 6) is 0.878. The van der Waals surface area contributed by atoms with Crippen LogP contribution in [0.1, 0.15) is 25.0 Å². The lowest BCUT2D eigenvalue weighted by atomic mass is 9.83. The molecule has 0 fully saturated rings. The van der Waals surface area contributed by atoms with Gasteiger partial charge in [-0.2, -0.15) is 0 Å². The molecule has 26 heavy (non-hydrogen) atoms. The minimum atomic E-state index is -0.641. The largest absolute Gasteiger partial charge is 0.497 e. The van der Waals surface area contributed by atoms with E-state index >= 15 is 0 Å². The van der Waals surface area contributed by atoms with E-state index in [4.69, 9.17) is 4.74 Å². The summed E-state index contributed by atoms with van der Waals surface area (Å²) in [5.41, 5.74) is 2.51. The van der Waals surface area contributed by atoms with Crippen LogP contribution in [0.15, 0.2) is 48.9 Å². The van der Waals surface area contributed by atoms with Crippen LogP contribution in [0, 0.1) is 0 Å². The fourth-order valence-electron chi connectivity index (χ4n) is 3.28. The van der Waals surface area contributed by atoms with Crippen molar-refractivity contribution in [2.45, 2.75) is 25.7 Å². The Kier molecular flexibility index (Phi) is 4.98. The summed E-state index contributed by atoms with van der Waals surface area (Å²) in [6, 6.07) is 9.83. The Labute approximate surface area is 154 Å². The first kappa shape index (κ1) is 18.0. The molecule has 1 amide bonds. The molecule has 0 aliphatic carbocycles. The summed E-state index contributed by atoms with van der Waals surface area (Å²) in [4.78, 5) is 22.2. The van der Waals surface area contributed by atoms with Crippen molar-refractivity contribution in [3.63, 3.8) is 0 Å². The van der Waals surface area contributed by atoms with Gasteiger partial charge in [0.25, 0.3) is 0 Å². The van der Waals surface area contributed by atoms with Gasteiger partial charge in [0.05, 0.1) is 12.5 Å². The van der Waals surface area contributed by atoms with Crippen molar-refractivity contribution in [1.82, 2.24) is 14.9 Å². The molecule has 0 aliphatic heterocycles. The zero-order valence-electron chi connectivity index (χ0n) is 15.7. The average molecular weight is 351 g/mol. The zero-order valence-corrected chi connectivity index (χ0v) is 15.7. The van der Waals surface area contributed by atoms with Crippen LogP contribution in [0.5, 0.6) is 5.75 Å². The van der Waals surface area contributed by atoms with Crippen molar-refractivity contribution >= 4 is 16.8 Å². The third-order valence-corrected chi connectivity index (χ3v) is 4.93. The number of rotatable bonds is 6. The highest BCUT2D eigenvalue weighted by atomic mass is 16.5. The Balaban J connectivity index is 1.81. The van der Waals surface area contributed by atoms with Crippen LogP contribution in [0.3, 0.4) is 0 Å². The summed E-state index contributed by atoms with van der Waals surface area (Å²) in [6.45, 7) is 4.61. The van der Waals surface area contributed by atoms with Gasteiger partial charge in [-0.1, -0.05) is 0 Å². The molecule has 3 rings (SSSR count). The minimum absolute atomic E-state index is 0.0928. The van der Waals surface area contributed by atoms with Crippen molar-refractivity contribution < 1.29 is 9.53 Å². The Morgan fingerprint density at radius 2 is 1.96 bits per heavy atom. The van der Waals surface area contributed by atoms with E-state index < -0.39 is 5.41 Å². The van der Waals surface area contributed by atoms with Gasteiger partial charge < -0.3 is 14.6 Å². The van der Waals surface area contributed by atoms with E-state index in [0.29, 0.717) is 6.54 Å². The molecule has 2 aromatic heterocycles. The monoisotopic (exact) mass is 351 g/mol. The number of H-pyrrole nitrogens is 1. The van der Waals surface area contributed by atoms with Gasteiger partial charge in [0.2, 0.25) is 5.91 Å². The lowest BCUT2D eigenvalue weighted by Crippen LogP contribution is -2.42. The molecule has 0 aliphatic rings. The first-order chi connectivity index (χ1) is 12.4. The Morgan fingerprint density at radius 1 is 1.23 bits per heavy atom. The average Bonchev–Trinajstić information content (AvgIpc) is 3.10. The van der Waals surface area contributed by atoms with Crippen LogP contribution in [-0.4, -0.2) is 41.5 Å². The van der Waals surface area contributed by atoms with E-state index in [0.717, 1.165) is 28.6 Å². The molecule has 1 N–H and O–H groups in total. The van der Waals surface area contributed by atoms with Gasteiger partial charge in [-0.15, -0.1) is 0 Å². The number of pyridine rings is 1. The third-order valence-electron chi connectivity index (χ3n) is 4.93. The smallest absolute Gasteiger partial charge is 0.232 e. The maximum atomic E-state index is 13.2. The first-order valence-corrected chi connectivity index (χ1v) is 8.73. The van der Waals surface area contributed by atoms with E-state index in [2.05, 4.69) is 9.97 Å². The van der Waals surface area contributed by atoms with E-state index in [-0.39, 0.29) is 5.91 Å². The number of carbonyl (C=O) groups excluding carboxylic acids is 1. The quantitative estimate of drug-likeness (QED) is 0.739. The minimum Gasteiger partial charge on any atom is -0.497 e. The van der Waals surface area contributed by atoms with E-state index in [1.807, 2.05) is 57.4 Å². The van der Waals surface area contributed by atoms with Gasteiger partial charge in [-0.3, -0.25) is 9.78 Å². The van der Waals surface area contributed by atoms with E-state index in [1.165, 1.54) is 5.56 Å². The van der Waals surface area contributed by atoms with Crippen LogP contribution in [-0.2, 0) is 16.6 Å². The highest BCUT2D eigenvalue weighted by molar-refractivity contribution is 5.95. The molecular weight excluding hydrogens is 326 g/mol. The number of nitrogens with zero attached hydrogens (tertiary/aromatic N) is 2. The van der Waals surface area contributed by atoms with Crippen molar-refractivity contribution in [2.24, 2.45) is 0 Å². The number of methoxy groups -OCH3 is 1. The molecule has 2 heterocycles. The highest BCUT2D eigenvalue weighted by Gasteiger charge is 2.34. The topological polar surface area (TPSA) is 58.2 Å². The molecule has 5 nitrogen and oxygen atoms in total. The second-order valence-electron chi connectivity index (χ2n) is 7.07. The number of benzene rings is 1. The van der Waals surface area contributed by atoms with Crippen molar-refractivity contribution in [2.75, 3.05) is 20.7 Å². The SMILES string of the molecule is COc1ccc2[nH]cc(C(C)(C)C(=O)N(C)CCc3ccncc3)c2c1. The predicted octanol–water partition coefficient (Wildman–Crippen LogP) is 3.55.